The summed E-state index contributed by atoms with van der Waals surface area (Å²) in [7, 11) is 0. The first-order chi connectivity index (χ1) is 13.1. The Bertz CT molecular complexity index is 783. The standard InChI is InChI=1S/C22H27N3O2/c1-3-25(20-12-8-7-9-18(20)2)21(26)17-23-13-15-24(16-14-23)22(27)19-10-5-4-6-11-19/h4-12H,3,13-17H2,1-2H3. The summed E-state index contributed by atoms with van der Waals surface area (Å²) in [5.74, 6) is 0.173. The fourth-order valence-corrected chi connectivity index (χ4v) is 3.50. The molecule has 5 heteroatoms. The van der Waals surface area contributed by atoms with E-state index in [1.807, 2.05) is 78.2 Å². The number of carbonyl (C=O) groups excluding carboxylic acids is 2. The molecule has 0 spiro atoms. The fraction of sp³-hybridized carbons (Fsp3) is 0.364. The van der Waals surface area contributed by atoms with E-state index in [0.717, 1.165) is 29.9 Å². The van der Waals surface area contributed by atoms with Gasteiger partial charge in [-0.1, -0.05) is 36.4 Å². The second kappa shape index (κ2) is 8.82. The van der Waals surface area contributed by atoms with Crippen LogP contribution >= 0.6 is 0 Å². The molecule has 0 aromatic heterocycles. The fourth-order valence-electron chi connectivity index (χ4n) is 3.50. The molecule has 5 nitrogen and oxygen atoms in total. The van der Waals surface area contributed by atoms with Gasteiger partial charge in [0.2, 0.25) is 5.91 Å². The summed E-state index contributed by atoms with van der Waals surface area (Å²) >= 11 is 0. The molecule has 3 rings (SSSR count). The normalized spacial score (nSPS) is 14.8. The summed E-state index contributed by atoms with van der Waals surface area (Å²) in [6.07, 6.45) is 0. The van der Waals surface area contributed by atoms with Crippen molar-refractivity contribution in [1.82, 2.24) is 9.80 Å². The van der Waals surface area contributed by atoms with Gasteiger partial charge < -0.3 is 9.80 Å². The van der Waals surface area contributed by atoms with Crippen LogP contribution in [0.5, 0.6) is 0 Å². The van der Waals surface area contributed by atoms with Gasteiger partial charge in [0.1, 0.15) is 0 Å². The summed E-state index contributed by atoms with van der Waals surface area (Å²) in [5, 5.41) is 0. The Labute approximate surface area is 161 Å². The van der Waals surface area contributed by atoms with Gasteiger partial charge in [0.25, 0.3) is 5.91 Å². The Hall–Kier alpha value is -2.66. The first-order valence-corrected chi connectivity index (χ1v) is 9.53. The van der Waals surface area contributed by atoms with E-state index >= 15 is 0 Å². The molecule has 27 heavy (non-hydrogen) atoms. The van der Waals surface area contributed by atoms with E-state index in [1.54, 1.807) is 0 Å². The molecule has 1 aliphatic rings. The molecule has 0 N–H and O–H groups in total. The van der Waals surface area contributed by atoms with E-state index in [1.165, 1.54) is 0 Å². The quantitative estimate of drug-likeness (QED) is 0.818. The van der Waals surface area contributed by atoms with Gasteiger partial charge in [-0.25, -0.2) is 0 Å². The molecular weight excluding hydrogens is 338 g/mol. The molecule has 0 atom stereocenters. The third-order valence-corrected chi connectivity index (χ3v) is 5.06. The van der Waals surface area contributed by atoms with E-state index in [-0.39, 0.29) is 11.8 Å². The summed E-state index contributed by atoms with van der Waals surface area (Å²) in [5.41, 5.74) is 2.80. The highest BCUT2D eigenvalue weighted by molar-refractivity contribution is 5.96. The zero-order valence-electron chi connectivity index (χ0n) is 16.1. The maximum absolute atomic E-state index is 12.8. The molecule has 142 valence electrons. The van der Waals surface area contributed by atoms with Crippen LogP contribution in [-0.2, 0) is 4.79 Å². The SMILES string of the molecule is CCN(C(=O)CN1CCN(C(=O)c2ccccc2)CC1)c1ccccc1C. The average Bonchev–Trinajstić information content (AvgIpc) is 2.71. The summed E-state index contributed by atoms with van der Waals surface area (Å²) in [4.78, 5) is 31.2. The van der Waals surface area contributed by atoms with E-state index < -0.39 is 0 Å². The summed E-state index contributed by atoms with van der Waals surface area (Å²) in [6.45, 7) is 7.80. The van der Waals surface area contributed by atoms with Gasteiger partial charge in [-0.2, -0.15) is 0 Å². The number of para-hydroxylation sites is 1. The van der Waals surface area contributed by atoms with E-state index in [4.69, 9.17) is 0 Å². The number of amides is 2. The van der Waals surface area contributed by atoms with Gasteiger partial charge in [0.15, 0.2) is 0 Å². The second-order valence-electron chi connectivity index (χ2n) is 6.86. The molecule has 1 heterocycles. The highest BCUT2D eigenvalue weighted by Crippen LogP contribution is 2.19. The lowest BCUT2D eigenvalue weighted by atomic mass is 10.1. The molecule has 1 aliphatic heterocycles. The number of rotatable bonds is 5. The third kappa shape index (κ3) is 4.55. The lowest BCUT2D eigenvalue weighted by Gasteiger charge is -2.35. The molecule has 0 saturated carbocycles. The minimum Gasteiger partial charge on any atom is -0.336 e. The predicted octanol–water partition coefficient (Wildman–Crippen LogP) is 2.81. The molecule has 2 amide bonds. The second-order valence-corrected chi connectivity index (χ2v) is 6.86. The van der Waals surface area contributed by atoms with Crippen LogP contribution in [0.1, 0.15) is 22.8 Å². The maximum atomic E-state index is 12.8. The number of hydrogen-bond donors (Lipinski definition) is 0. The number of piperazine rings is 1. The van der Waals surface area contributed by atoms with Gasteiger partial charge >= 0.3 is 0 Å². The van der Waals surface area contributed by atoms with Crippen LogP contribution < -0.4 is 4.90 Å². The monoisotopic (exact) mass is 365 g/mol. The summed E-state index contributed by atoms with van der Waals surface area (Å²) in [6, 6.07) is 17.3. The molecule has 1 fully saturated rings. The van der Waals surface area contributed by atoms with Crippen LogP contribution in [-0.4, -0.2) is 60.9 Å². The van der Waals surface area contributed by atoms with E-state index in [2.05, 4.69) is 4.90 Å². The lowest BCUT2D eigenvalue weighted by molar-refractivity contribution is -0.120. The Kier molecular flexibility index (Phi) is 6.24. The van der Waals surface area contributed by atoms with Crippen molar-refractivity contribution in [2.45, 2.75) is 13.8 Å². The molecule has 0 aliphatic carbocycles. The van der Waals surface area contributed by atoms with Crippen LogP contribution in [0.25, 0.3) is 0 Å². The Morgan fingerprint density at radius 3 is 2.19 bits per heavy atom. The number of carbonyl (C=O) groups is 2. The van der Waals surface area contributed by atoms with Gasteiger partial charge in [-0.3, -0.25) is 14.5 Å². The van der Waals surface area contributed by atoms with Crippen molar-refractivity contribution in [2.24, 2.45) is 0 Å². The maximum Gasteiger partial charge on any atom is 0.253 e. The molecule has 2 aromatic rings. The highest BCUT2D eigenvalue weighted by Gasteiger charge is 2.25. The third-order valence-electron chi connectivity index (χ3n) is 5.06. The number of nitrogens with zero attached hydrogens (tertiary/aromatic N) is 3. The molecule has 0 radical (unpaired) electrons. The minimum atomic E-state index is 0.0664. The molecule has 2 aromatic carbocycles. The first-order valence-electron chi connectivity index (χ1n) is 9.53. The van der Waals surface area contributed by atoms with Crippen molar-refractivity contribution in [3.05, 3.63) is 65.7 Å². The van der Waals surface area contributed by atoms with Crippen molar-refractivity contribution in [3.63, 3.8) is 0 Å². The molecule has 0 unspecified atom stereocenters. The molecular formula is C22H27N3O2. The number of likely N-dealkylation sites (N-methyl/N-ethyl adjacent to an activating group) is 1. The van der Waals surface area contributed by atoms with Crippen LogP contribution in [0.4, 0.5) is 5.69 Å². The number of aryl methyl sites for hydroxylation is 1. The highest BCUT2D eigenvalue weighted by atomic mass is 16.2. The van der Waals surface area contributed by atoms with Crippen molar-refractivity contribution < 1.29 is 9.59 Å². The average molecular weight is 365 g/mol. The smallest absolute Gasteiger partial charge is 0.253 e. The minimum absolute atomic E-state index is 0.0664. The topological polar surface area (TPSA) is 43.9 Å². The van der Waals surface area contributed by atoms with Crippen LogP contribution in [0.15, 0.2) is 54.6 Å². The molecule has 0 bridgehead atoms. The van der Waals surface area contributed by atoms with Crippen LogP contribution in [0.2, 0.25) is 0 Å². The Balaban J connectivity index is 1.56. The van der Waals surface area contributed by atoms with Crippen LogP contribution in [0, 0.1) is 6.92 Å². The van der Waals surface area contributed by atoms with Crippen molar-refractivity contribution in [2.75, 3.05) is 44.2 Å². The summed E-state index contributed by atoms with van der Waals surface area (Å²) < 4.78 is 0. The predicted molar refractivity (Wildman–Crippen MR) is 108 cm³/mol. The van der Waals surface area contributed by atoms with Crippen molar-refractivity contribution >= 4 is 17.5 Å². The van der Waals surface area contributed by atoms with Crippen molar-refractivity contribution in [3.8, 4) is 0 Å². The number of benzene rings is 2. The van der Waals surface area contributed by atoms with E-state index in [9.17, 15) is 9.59 Å². The molecule has 1 saturated heterocycles. The Morgan fingerprint density at radius 1 is 0.926 bits per heavy atom. The zero-order chi connectivity index (χ0) is 19.2. The lowest BCUT2D eigenvalue weighted by Crippen LogP contribution is -2.51. The van der Waals surface area contributed by atoms with Gasteiger partial charge in [-0.05, 0) is 37.6 Å². The van der Waals surface area contributed by atoms with Crippen LogP contribution in [0.3, 0.4) is 0 Å². The van der Waals surface area contributed by atoms with Crippen molar-refractivity contribution in [1.29, 1.82) is 0 Å². The van der Waals surface area contributed by atoms with Gasteiger partial charge in [0.05, 0.1) is 6.54 Å². The van der Waals surface area contributed by atoms with E-state index in [0.29, 0.717) is 26.2 Å². The number of hydrogen-bond acceptors (Lipinski definition) is 3. The zero-order valence-corrected chi connectivity index (χ0v) is 16.1. The Morgan fingerprint density at radius 2 is 1.56 bits per heavy atom. The largest absolute Gasteiger partial charge is 0.336 e. The first kappa shape index (κ1) is 19.1. The van der Waals surface area contributed by atoms with Gasteiger partial charge in [0, 0.05) is 44.0 Å². The van der Waals surface area contributed by atoms with Gasteiger partial charge in [-0.15, -0.1) is 0 Å². The number of anilines is 1.